The molecule has 1 saturated heterocycles. The van der Waals surface area contributed by atoms with E-state index >= 15 is 0 Å². The van der Waals surface area contributed by atoms with Crippen LogP contribution in [0.3, 0.4) is 0 Å². The number of pyridine rings is 2. The van der Waals surface area contributed by atoms with Gasteiger partial charge >= 0.3 is 0 Å². The maximum atomic E-state index is 14.6. The van der Waals surface area contributed by atoms with Gasteiger partial charge in [0, 0.05) is 36.1 Å². The Morgan fingerprint density at radius 2 is 1.87 bits per heavy atom. The van der Waals surface area contributed by atoms with Crippen molar-refractivity contribution in [2.45, 2.75) is 12.8 Å². The van der Waals surface area contributed by atoms with Crippen molar-refractivity contribution < 1.29 is 9.13 Å². The maximum absolute atomic E-state index is 14.6. The number of nitrogens with one attached hydrogen (secondary N) is 3. The topological polar surface area (TPSA) is 124 Å². The minimum absolute atomic E-state index is 0.374. The summed E-state index contributed by atoms with van der Waals surface area (Å²) in [5, 5.41) is 14.3. The number of aromatic amines is 3. The zero-order chi connectivity index (χ0) is 25.5. The number of rotatable bonds is 7. The van der Waals surface area contributed by atoms with Crippen molar-refractivity contribution in [2.75, 3.05) is 26.2 Å². The van der Waals surface area contributed by atoms with Gasteiger partial charge < -0.3 is 9.72 Å². The van der Waals surface area contributed by atoms with Gasteiger partial charge in [-0.25, -0.2) is 14.4 Å². The van der Waals surface area contributed by atoms with Gasteiger partial charge in [0.2, 0.25) is 0 Å². The molecule has 0 amide bonds. The lowest BCUT2D eigenvalue weighted by atomic mass is 10.1. The van der Waals surface area contributed by atoms with Crippen molar-refractivity contribution in [1.82, 2.24) is 45.2 Å². The summed E-state index contributed by atoms with van der Waals surface area (Å²) in [5.74, 6) is 0.651. The third-order valence-corrected chi connectivity index (χ3v) is 6.88. The maximum Gasteiger partial charge on any atom is 0.161 e. The van der Waals surface area contributed by atoms with Crippen LogP contribution in [0.15, 0.2) is 55.1 Å². The summed E-state index contributed by atoms with van der Waals surface area (Å²) in [6.07, 6.45) is 9.34. The quantitative estimate of drug-likeness (QED) is 0.288. The van der Waals surface area contributed by atoms with Crippen molar-refractivity contribution in [2.24, 2.45) is 0 Å². The number of benzene rings is 1. The summed E-state index contributed by atoms with van der Waals surface area (Å²) in [6.45, 7) is 3.54. The van der Waals surface area contributed by atoms with Gasteiger partial charge in [-0.05, 0) is 55.8 Å². The summed E-state index contributed by atoms with van der Waals surface area (Å²) in [5.41, 5.74) is 6.39. The molecule has 1 aliphatic rings. The Kier molecular flexibility index (Phi) is 5.54. The molecule has 5 aromatic heterocycles. The Labute approximate surface area is 216 Å². The molecule has 1 fully saturated rings. The molecule has 0 atom stereocenters. The zero-order valence-electron chi connectivity index (χ0n) is 20.4. The predicted octanol–water partition coefficient (Wildman–Crippen LogP) is 4.57. The van der Waals surface area contributed by atoms with Crippen LogP contribution in [-0.2, 0) is 0 Å². The fraction of sp³-hybridized carbons (Fsp3) is 0.222. The number of fused-ring (bicyclic) bond motifs is 2. The van der Waals surface area contributed by atoms with Crippen LogP contribution in [0.1, 0.15) is 12.8 Å². The van der Waals surface area contributed by atoms with Crippen LogP contribution in [0.4, 0.5) is 4.39 Å². The molecular weight excluding hydrogens is 485 g/mol. The van der Waals surface area contributed by atoms with Gasteiger partial charge in [-0.2, -0.15) is 10.2 Å². The van der Waals surface area contributed by atoms with Crippen molar-refractivity contribution >= 4 is 22.1 Å². The Hall–Kier alpha value is -4.64. The van der Waals surface area contributed by atoms with Crippen LogP contribution < -0.4 is 4.74 Å². The van der Waals surface area contributed by atoms with E-state index in [0.29, 0.717) is 51.6 Å². The molecule has 0 bridgehead atoms. The van der Waals surface area contributed by atoms with Gasteiger partial charge in [-0.15, -0.1) is 0 Å². The second-order valence-corrected chi connectivity index (χ2v) is 9.39. The molecule has 3 N–H and O–H groups in total. The highest BCUT2D eigenvalue weighted by atomic mass is 19.1. The lowest BCUT2D eigenvalue weighted by Gasteiger charge is -2.15. The van der Waals surface area contributed by atoms with Crippen molar-refractivity contribution in [3.63, 3.8) is 0 Å². The summed E-state index contributed by atoms with van der Waals surface area (Å²) < 4.78 is 20.5. The number of halogens is 1. The Morgan fingerprint density at radius 1 is 0.947 bits per heavy atom. The smallest absolute Gasteiger partial charge is 0.161 e. The molecule has 1 aliphatic heterocycles. The van der Waals surface area contributed by atoms with Gasteiger partial charge in [0.1, 0.15) is 23.7 Å². The summed E-state index contributed by atoms with van der Waals surface area (Å²) in [7, 11) is 0. The van der Waals surface area contributed by atoms with E-state index in [0.717, 1.165) is 36.4 Å². The number of imidazole rings is 1. The highest BCUT2D eigenvalue weighted by molar-refractivity contribution is 5.95. The Balaban J connectivity index is 1.23. The molecule has 38 heavy (non-hydrogen) atoms. The van der Waals surface area contributed by atoms with Crippen molar-refractivity contribution in [1.29, 1.82) is 0 Å². The SMILES string of the molecule is Fc1cc(OCCN2CCCC2)cc(-c2cncc3[nH]c(-c4n[nH]c5ccc(-c6cn[nH]c6)nc45)nc23)c1. The molecule has 10 nitrogen and oxygen atoms in total. The molecular formula is C27H24FN9O. The highest BCUT2D eigenvalue weighted by Crippen LogP contribution is 2.33. The van der Waals surface area contributed by atoms with Gasteiger partial charge in [0.25, 0.3) is 0 Å². The van der Waals surface area contributed by atoms with Crippen LogP contribution in [0.25, 0.3) is 56.0 Å². The average molecular weight is 510 g/mol. The second kappa shape index (κ2) is 9.34. The lowest BCUT2D eigenvalue weighted by molar-refractivity contribution is 0.237. The normalized spacial score (nSPS) is 14.1. The Bertz CT molecular complexity index is 1730. The van der Waals surface area contributed by atoms with E-state index in [9.17, 15) is 4.39 Å². The first-order valence-electron chi connectivity index (χ1n) is 12.6. The Morgan fingerprint density at radius 3 is 2.74 bits per heavy atom. The van der Waals surface area contributed by atoms with Crippen LogP contribution in [0.5, 0.6) is 5.75 Å². The number of nitrogens with zero attached hydrogens (tertiary/aromatic N) is 6. The van der Waals surface area contributed by atoms with Gasteiger partial charge in [0.15, 0.2) is 11.5 Å². The summed E-state index contributed by atoms with van der Waals surface area (Å²) in [6, 6.07) is 8.55. The number of ether oxygens (including phenoxy) is 1. The third-order valence-electron chi connectivity index (χ3n) is 6.88. The van der Waals surface area contributed by atoms with E-state index < -0.39 is 0 Å². The van der Waals surface area contributed by atoms with Gasteiger partial charge in [-0.1, -0.05) is 0 Å². The molecule has 7 rings (SSSR count). The predicted molar refractivity (Wildman–Crippen MR) is 141 cm³/mol. The lowest BCUT2D eigenvalue weighted by Crippen LogP contribution is -2.25. The first kappa shape index (κ1) is 22.5. The molecule has 190 valence electrons. The van der Waals surface area contributed by atoms with Crippen LogP contribution in [-0.4, -0.2) is 71.5 Å². The molecule has 0 unspecified atom stereocenters. The molecule has 0 aliphatic carbocycles. The van der Waals surface area contributed by atoms with E-state index in [1.54, 1.807) is 24.8 Å². The molecule has 0 radical (unpaired) electrons. The van der Waals surface area contributed by atoms with Gasteiger partial charge in [0.05, 0.1) is 34.6 Å². The monoisotopic (exact) mass is 509 g/mol. The van der Waals surface area contributed by atoms with E-state index in [1.807, 2.05) is 18.2 Å². The van der Waals surface area contributed by atoms with E-state index in [-0.39, 0.29) is 5.82 Å². The zero-order valence-corrected chi connectivity index (χ0v) is 20.4. The van der Waals surface area contributed by atoms with Crippen LogP contribution >= 0.6 is 0 Å². The molecule has 1 aromatic carbocycles. The standard InChI is InChI=1S/C27H24FN9O/c28-18-9-16(10-19(11-18)38-8-7-37-5-1-2-6-37)20-14-29-15-23-24(20)34-27(33-23)26-25-22(35-36-26)4-3-21(32-25)17-12-30-31-13-17/h3-4,9-15H,1-2,5-8H2,(H,30,31)(H,33,34)(H,35,36). The van der Waals surface area contributed by atoms with Crippen molar-refractivity contribution in [3.8, 4) is 39.7 Å². The number of hydrogen-bond acceptors (Lipinski definition) is 7. The van der Waals surface area contributed by atoms with Crippen LogP contribution in [0, 0.1) is 5.82 Å². The third kappa shape index (κ3) is 4.16. The van der Waals surface area contributed by atoms with Crippen molar-refractivity contribution in [3.05, 3.63) is 60.9 Å². The fourth-order valence-corrected chi connectivity index (χ4v) is 4.97. The number of likely N-dealkylation sites (tertiary alicyclic amines) is 1. The molecule has 11 heteroatoms. The van der Waals surface area contributed by atoms with Crippen LogP contribution in [0.2, 0.25) is 0 Å². The average Bonchev–Trinajstić information content (AvgIpc) is 3.73. The van der Waals surface area contributed by atoms with E-state index in [4.69, 9.17) is 14.7 Å². The van der Waals surface area contributed by atoms with E-state index in [1.165, 1.54) is 25.0 Å². The summed E-state index contributed by atoms with van der Waals surface area (Å²) >= 11 is 0. The minimum Gasteiger partial charge on any atom is -0.492 e. The number of H-pyrrole nitrogens is 3. The largest absolute Gasteiger partial charge is 0.492 e. The highest BCUT2D eigenvalue weighted by Gasteiger charge is 2.18. The molecule has 0 saturated carbocycles. The molecule has 6 heterocycles. The molecule has 0 spiro atoms. The first-order chi connectivity index (χ1) is 18.7. The minimum atomic E-state index is -0.374. The first-order valence-corrected chi connectivity index (χ1v) is 12.6. The number of aromatic nitrogens is 8. The molecule has 6 aromatic rings. The van der Waals surface area contributed by atoms with Gasteiger partial charge in [-0.3, -0.25) is 20.1 Å². The fourth-order valence-electron chi connectivity index (χ4n) is 4.97. The summed E-state index contributed by atoms with van der Waals surface area (Å²) in [4.78, 5) is 19.7. The second-order valence-electron chi connectivity index (χ2n) is 9.39. The van der Waals surface area contributed by atoms with E-state index in [2.05, 4.69) is 35.3 Å². The number of hydrogen-bond donors (Lipinski definition) is 3.